The highest BCUT2D eigenvalue weighted by molar-refractivity contribution is 6.01. The van der Waals surface area contributed by atoms with Gasteiger partial charge in [0, 0.05) is 12.2 Å². The minimum atomic E-state index is -0.774. The van der Waals surface area contributed by atoms with E-state index in [2.05, 4.69) is 5.32 Å². The van der Waals surface area contributed by atoms with E-state index in [1.54, 1.807) is 4.90 Å². The Morgan fingerprint density at radius 3 is 2.50 bits per heavy atom. The summed E-state index contributed by atoms with van der Waals surface area (Å²) in [6.07, 6.45) is 0.583. The van der Waals surface area contributed by atoms with Crippen molar-refractivity contribution in [2.45, 2.75) is 25.4 Å². The van der Waals surface area contributed by atoms with Gasteiger partial charge in [-0.2, -0.15) is 0 Å². The van der Waals surface area contributed by atoms with Gasteiger partial charge in [0.15, 0.2) is 0 Å². The lowest BCUT2D eigenvalue weighted by atomic mass is 10.0. The first-order valence-corrected chi connectivity index (χ1v) is 8.05. The maximum absolute atomic E-state index is 12.5. The number of hydrogen-bond donors (Lipinski definition) is 2. The van der Waals surface area contributed by atoms with E-state index >= 15 is 0 Å². The molecule has 3 rings (SSSR count). The average Bonchev–Trinajstić information content (AvgIpc) is 2.96. The first kappa shape index (κ1) is 16.2. The number of nitrogens with zero attached hydrogens (tertiary/aromatic N) is 1. The Labute approximate surface area is 141 Å². The molecular weight excluding hydrogens is 302 g/mol. The van der Waals surface area contributed by atoms with Crippen molar-refractivity contribution >= 4 is 17.5 Å². The number of amides is 2. The Morgan fingerprint density at radius 1 is 1.17 bits per heavy atom. The van der Waals surface area contributed by atoms with Crippen molar-refractivity contribution in [3.05, 3.63) is 65.7 Å². The monoisotopic (exact) mass is 323 g/mol. The minimum absolute atomic E-state index is 0.0920. The number of rotatable bonds is 4. The normalized spacial score (nSPS) is 18.5. The number of nitrogens with one attached hydrogen (secondary N) is 1. The van der Waals surface area contributed by atoms with E-state index in [-0.39, 0.29) is 11.8 Å². The lowest BCUT2D eigenvalue weighted by Gasteiger charge is -2.18. The van der Waals surface area contributed by atoms with Crippen LogP contribution in [-0.2, 0) is 9.59 Å². The lowest BCUT2D eigenvalue weighted by Crippen LogP contribution is -2.45. The van der Waals surface area contributed by atoms with Crippen molar-refractivity contribution in [2.75, 3.05) is 11.4 Å². The summed E-state index contributed by atoms with van der Waals surface area (Å²) >= 11 is 0. The van der Waals surface area contributed by atoms with E-state index in [0.717, 1.165) is 16.8 Å². The van der Waals surface area contributed by atoms with Crippen LogP contribution < -0.4 is 16.0 Å². The summed E-state index contributed by atoms with van der Waals surface area (Å²) in [5.74, 6) is -0.419. The number of carbonyl (C=O) groups excluding carboxylic acids is 2. The zero-order valence-electron chi connectivity index (χ0n) is 13.6. The molecule has 2 unspecified atom stereocenters. The number of para-hydroxylation sites is 1. The largest absolute Gasteiger partial charge is 0.343 e. The molecule has 1 aliphatic heterocycles. The predicted molar refractivity (Wildman–Crippen MR) is 93.5 cm³/mol. The van der Waals surface area contributed by atoms with Crippen LogP contribution in [0.1, 0.15) is 23.6 Å². The van der Waals surface area contributed by atoms with Crippen molar-refractivity contribution in [3.8, 4) is 0 Å². The third-order valence-electron chi connectivity index (χ3n) is 4.31. The molecule has 0 spiro atoms. The zero-order valence-corrected chi connectivity index (χ0v) is 13.6. The molecular formula is C19H21N3O2. The molecule has 2 aromatic carbocycles. The summed E-state index contributed by atoms with van der Waals surface area (Å²) < 4.78 is 0. The van der Waals surface area contributed by atoms with Gasteiger partial charge in [-0.3, -0.25) is 9.59 Å². The predicted octanol–water partition coefficient (Wildman–Crippen LogP) is 1.92. The highest BCUT2D eigenvalue weighted by Crippen LogP contribution is 2.21. The lowest BCUT2D eigenvalue weighted by molar-refractivity contribution is -0.127. The number of carbonyl (C=O) groups is 2. The van der Waals surface area contributed by atoms with Crippen LogP contribution in [-0.4, -0.2) is 24.4 Å². The maximum atomic E-state index is 12.5. The van der Waals surface area contributed by atoms with Crippen LogP contribution in [0.15, 0.2) is 54.6 Å². The first-order chi connectivity index (χ1) is 11.6. The van der Waals surface area contributed by atoms with Crippen molar-refractivity contribution in [1.29, 1.82) is 0 Å². The number of nitrogens with two attached hydrogens (primary N) is 1. The van der Waals surface area contributed by atoms with Crippen molar-refractivity contribution in [3.63, 3.8) is 0 Å². The molecule has 0 bridgehead atoms. The SMILES string of the molecule is Cc1ccc(C(N)C(=O)NC2CCN(c3ccccc3)C2=O)cc1. The highest BCUT2D eigenvalue weighted by atomic mass is 16.2. The topological polar surface area (TPSA) is 75.4 Å². The van der Waals surface area contributed by atoms with Gasteiger partial charge in [0.2, 0.25) is 11.8 Å². The Bertz CT molecular complexity index is 728. The second-order valence-electron chi connectivity index (χ2n) is 6.06. The summed E-state index contributed by atoms with van der Waals surface area (Å²) in [5, 5.41) is 2.79. The van der Waals surface area contributed by atoms with Gasteiger partial charge in [0.1, 0.15) is 12.1 Å². The molecule has 1 fully saturated rings. The van der Waals surface area contributed by atoms with Gasteiger partial charge in [-0.25, -0.2) is 0 Å². The quantitative estimate of drug-likeness (QED) is 0.902. The van der Waals surface area contributed by atoms with Crippen molar-refractivity contribution in [2.24, 2.45) is 5.73 Å². The Hall–Kier alpha value is -2.66. The fourth-order valence-electron chi connectivity index (χ4n) is 2.86. The van der Waals surface area contributed by atoms with Crippen molar-refractivity contribution < 1.29 is 9.59 Å². The van der Waals surface area contributed by atoms with Gasteiger partial charge in [0.05, 0.1) is 0 Å². The molecule has 24 heavy (non-hydrogen) atoms. The summed E-state index contributed by atoms with van der Waals surface area (Å²) in [4.78, 5) is 26.6. The average molecular weight is 323 g/mol. The third kappa shape index (κ3) is 3.31. The van der Waals surface area contributed by atoms with Crippen LogP contribution in [0.5, 0.6) is 0 Å². The Kier molecular flexibility index (Phi) is 4.62. The standard InChI is InChI=1S/C19H21N3O2/c1-13-7-9-14(10-8-13)17(20)18(23)21-16-11-12-22(19(16)24)15-5-3-2-4-6-15/h2-10,16-17H,11-12,20H2,1H3,(H,21,23). The number of hydrogen-bond acceptors (Lipinski definition) is 3. The second-order valence-corrected chi connectivity index (χ2v) is 6.06. The number of anilines is 1. The summed E-state index contributed by atoms with van der Waals surface area (Å²) in [5.41, 5.74) is 8.72. The zero-order chi connectivity index (χ0) is 17.1. The van der Waals surface area contributed by atoms with E-state index in [1.165, 1.54) is 0 Å². The molecule has 2 atom stereocenters. The number of aryl methyl sites for hydroxylation is 1. The molecule has 0 aliphatic carbocycles. The minimum Gasteiger partial charge on any atom is -0.343 e. The van der Waals surface area contributed by atoms with Crippen LogP contribution in [0.2, 0.25) is 0 Å². The van der Waals surface area contributed by atoms with E-state index in [4.69, 9.17) is 5.73 Å². The highest BCUT2D eigenvalue weighted by Gasteiger charge is 2.34. The fraction of sp³-hybridized carbons (Fsp3) is 0.263. The molecule has 1 aliphatic rings. The molecule has 1 saturated heterocycles. The van der Waals surface area contributed by atoms with Crippen LogP contribution in [0.25, 0.3) is 0 Å². The summed E-state index contributed by atoms with van der Waals surface area (Å²) in [6.45, 7) is 2.57. The Balaban J connectivity index is 1.65. The smallest absolute Gasteiger partial charge is 0.249 e. The van der Waals surface area contributed by atoms with Crippen molar-refractivity contribution in [1.82, 2.24) is 5.32 Å². The molecule has 1 heterocycles. The summed E-state index contributed by atoms with van der Waals surface area (Å²) in [6, 6.07) is 15.7. The molecule has 2 aromatic rings. The molecule has 2 amide bonds. The van der Waals surface area contributed by atoms with Gasteiger partial charge in [-0.05, 0) is 31.0 Å². The first-order valence-electron chi connectivity index (χ1n) is 8.05. The summed E-state index contributed by atoms with van der Waals surface area (Å²) in [7, 11) is 0. The molecule has 0 radical (unpaired) electrons. The van der Waals surface area contributed by atoms with E-state index in [9.17, 15) is 9.59 Å². The molecule has 124 valence electrons. The van der Waals surface area contributed by atoms with Crippen LogP contribution in [0.4, 0.5) is 5.69 Å². The molecule has 0 saturated carbocycles. The number of benzene rings is 2. The molecule has 5 heteroatoms. The van der Waals surface area contributed by atoms with Crippen LogP contribution in [0, 0.1) is 6.92 Å². The van der Waals surface area contributed by atoms with Gasteiger partial charge < -0.3 is 16.0 Å². The molecule has 5 nitrogen and oxygen atoms in total. The molecule has 0 aromatic heterocycles. The fourth-order valence-corrected chi connectivity index (χ4v) is 2.86. The van der Waals surface area contributed by atoms with Crippen LogP contribution in [0.3, 0.4) is 0 Å². The Morgan fingerprint density at radius 2 is 1.83 bits per heavy atom. The third-order valence-corrected chi connectivity index (χ3v) is 4.31. The van der Waals surface area contributed by atoms with E-state index in [0.29, 0.717) is 13.0 Å². The maximum Gasteiger partial charge on any atom is 0.249 e. The van der Waals surface area contributed by atoms with Gasteiger partial charge in [0.25, 0.3) is 0 Å². The van der Waals surface area contributed by atoms with E-state index < -0.39 is 12.1 Å². The second kappa shape index (κ2) is 6.84. The van der Waals surface area contributed by atoms with Gasteiger partial charge in [-0.15, -0.1) is 0 Å². The molecule has 3 N–H and O–H groups in total. The van der Waals surface area contributed by atoms with Gasteiger partial charge in [-0.1, -0.05) is 48.0 Å². The van der Waals surface area contributed by atoms with Crippen LogP contribution >= 0.6 is 0 Å². The van der Waals surface area contributed by atoms with E-state index in [1.807, 2.05) is 61.5 Å². The van der Waals surface area contributed by atoms with Gasteiger partial charge >= 0.3 is 0 Å².